The standard InChI is InChI=1S/C29H61N/c1-4-7-10-12-14-16-18-20-22-24-27-29(30,26-9-6-3)28-25-23-21-19-17-15-13-11-8-5-2/h4-28,30H2,1-3H3. The van der Waals surface area contributed by atoms with E-state index in [1.165, 1.54) is 161 Å². The highest BCUT2D eigenvalue weighted by Gasteiger charge is 2.23. The van der Waals surface area contributed by atoms with Gasteiger partial charge < -0.3 is 5.73 Å². The summed E-state index contributed by atoms with van der Waals surface area (Å²) < 4.78 is 0. The molecule has 0 aromatic heterocycles. The molecular weight excluding hydrogens is 362 g/mol. The van der Waals surface area contributed by atoms with Crippen molar-refractivity contribution in [2.45, 2.75) is 187 Å². The Kier molecular flexibility index (Phi) is 23.6. The lowest BCUT2D eigenvalue weighted by atomic mass is 9.83. The van der Waals surface area contributed by atoms with Crippen LogP contribution in [0.15, 0.2) is 0 Å². The highest BCUT2D eigenvalue weighted by molar-refractivity contribution is 4.83. The second-order valence-electron chi connectivity index (χ2n) is 10.3. The number of unbranched alkanes of at least 4 members (excludes halogenated alkanes) is 19. The van der Waals surface area contributed by atoms with Crippen molar-refractivity contribution in [3.8, 4) is 0 Å². The Balaban J connectivity index is 3.72. The van der Waals surface area contributed by atoms with Crippen molar-refractivity contribution >= 4 is 0 Å². The van der Waals surface area contributed by atoms with Crippen LogP contribution in [0.1, 0.15) is 181 Å². The minimum Gasteiger partial charge on any atom is -0.325 e. The van der Waals surface area contributed by atoms with Crippen LogP contribution in [0, 0.1) is 0 Å². The van der Waals surface area contributed by atoms with E-state index in [0.29, 0.717) is 0 Å². The lowest BCUT2D eigenvalue weighted by Gasteiger charge is -2.30. The van der Waals surface area contributed by atoms with Crippen LogP contribution in [0.3, 0.4) is 0 Å². The van der Waals surface area contributed by atoms with Gasteiger partial charge in [0.15, 0.2) is 0 Å². The predicted molar refractivity (Wildman–Crippen MR) is 139 cm³/mol. The zero-order valence-electron chi connectivity index (χ0n) is 21.8. The zero-order valence-corrected chi connectivity index (χ0v) is 21.8. The first kappa shape index (κ1) is 30.0. The van der Waals surface area contributed by atoms with Crippen LogP contribution in [0.25, 0.3) is 0 Å². The van der Waals surface area contributed by atoms with E-state index >= 15 is 0 Å². The summed E-state index contributed by atoms with van der Waals surface area (Å²) in [6.45, 7) is 6.91. The average molecular weight is 424 g/mol. The van der Waals surface area contributed by atoms with Gasteiger partial charge in [-0.3, -0.25) is 0 Å². The maximum atomic E-state index is 6.90. The Hall–Kier alpha value is -0.0400. The Morgan fingerprint density at radius 2 is 0.567 bits per heavy atom. The molecule has 0 aromatic carbocycles. The van der Waals surface area contributed by atoms with Gasteiger partial charge in [0.1, 0.15) is 0 Å². The second kappa shape index (κ2) is 23.6. The Morgan fingerprint density at radius 3 is 0.867 bits per heavy atom. The number of hydrogen-bond acceptors (Lipinski definition) is 1. The number of hydrogen-bond donors (Lipinski definition) is 1. The fourth-order valence-electron chi connectivity index (χ4n) is 4.83. The Bertz CT molecular complexity index is 287. The van der Waals surface area contributed by atoms with Gasteiger partial charge >= 0.3 is 0 Å². The van der Waals surface area contributed by atoms with E-state index in [1.54, 1.807) is 0 Å². The van der Waals surface area contributed by atoms with Gasteiger partial charge in [-0.2, -0.15) is 0 Å². The van der Waals surface area contributed by atoms with Crippen LogP contribution >= 0.6 is 0 Å². The molecule has 0 saturated carbocycles. The van der Waals surface area contributed by atoms with Crippen molar-refractivity contribution in [1.82, 2.24) is 0 Å². The van der Waals surface area contributed by atoms with E-state index in [9.17, 15) is 0 Å². The molecule has 0 rings (SSSR count). The third-order valence-electron chi connectivity index (χ3n) is 7.08. The molecule has 0 unspecified atom stereocenters. The summed E-state index contributed by atoms with van der Waals surface area (Å²) in [7, 11) is 0. The molecular formula is C29H61N. The van der Waals surface area contributed by atoms with E-state index in [4.69, 9.17) is 5.73 Å². The van der Waals surface area contributed by atoms with Crippen LogP contribution in [-0.4, -0.2) is 5.54 Å². The molecule has 2 N–H and O–H groups in total. The molecule has 0 aliphatic heterocycles. The zero-order chi connectivity index (χ0) is 22.2. The van der Waals surface area contributed by atoms with Gasteiger partial charge in [-0.25, -0.2) is 0 Å². The van der Waals surface area contributed by atoms with Gasteiger partial charge in [-0.1, -0.05) is 162 Å². The molecule has 0 atom stereocenters. The molecule has 0 amide bonds. The first-order valence-electron chi connectivity index (χ1n) is 14.5. The van der Waals surface area contributed by atoms with E-state index in [2.05, 4.69) is 20.8 Å². The first-order chi connectivity index (χ1) is 14.7. The van der Waals surface area contributed by atoms with E-state index < -0.39 is 0 Å². The lowest BCUT2D eigenvalue weighted by molar-refractivity contribution is 0.305. The summed E-state index contributed by atoms with van der Waals surface area (Å²) >= 11 is 0. The van der Waals surface area contributed by atoms with E-state index in [-0.39, 0.29) is 5.54 Å². The third-order valence-corrected chi connectivity index (χ3v) is 7.08. The average Bonchev–Trinajstić information content (AvgIpc) is 2.75. The van der Waals surface area contributed by atoms with Crippen molar-refractivity contribution in [2.75, 3.05) is 0 Å². The normalized spacial score (nSPS) is 12.0. The number of rotatable bonds is 25. The summed E-state index contributed by atoms with van der Waals surface area (Å²) in [4.78, 5) is 0. The van der Waals surface area contributed by atoms with Gasteiger partial charge in [-0.15, -0.1) is 0 Å². The quantitative estimate of drug-likeness (QED) is 0.145. The highest BCUT2D eigenvalue weighted by Crippen LogP contribution is 2.26. The maximum absolute atomic E-state index is 6.90. The maximum Gasteiger partial charge on any atom is 0.0154 e. The summed E-state index contributed by atoms with van der Waals surface area (Å²) in [5.41, 5.74) is 7.04. The van der Waals surface area contributed by atoms with Crippen molar-refractivity contribution < 1.29 is 0 Å². The second-order valence-corrected chi connectivity index (χ2v) is 10.3. The molecule has 0 heterocycles. The fraction of sp³-hybridized carbons (Fsp3) is 1.00. The van der Waals surface area contributed by atoms with Crippen molar-refractivity contribution in [1.29, 1.82) is 0 Å². The third kappa shape index (κ3) is 21.2. The van der Waals surface area contributed by atoms with Crippen molar-refractivity contribution in [3.05, 3.63) is 0 Å². The topological polar surface area (TPSA) is 26.0 Å². The van der Waals surface area contributed by atoms with Crippen molar-refractivity contribution in [3.63, 3.8) is 0 Å². The van der Waals surface area contributed by atoms with Crippen LogP contribution in [0.2, 0.25) is 0 Å². The highest BCUT2D eigenvalue weighted by atomic mass is 14.7. The lowest BCUT2D eigenvalue weighted by Crippen LogP contribution is -2.39. The van der Waals surface area contributed by atoms with Crippen LogP contribution in [0.5, 0.6) is 0 Å². The smallest absolute Gasteiger partial charge is 0.0154 e. The predicted octanol–water partition coefficient (Wildman–Crippen LogP) is 10.5. The van der Waals surface area contributed by atoms with Crippen LogP contribution < -0.4 is 5.73 Å². The molecule has 1 heteroatoms. The van der Waals surface area contributed by atoms with Crippen LogP contribution in [0.4, 0.5) is 0 Å². The molecule has 0 spiro atoms. The van der Waals surface area contributed by atoms with Gasteiger partial charge in [0, 0.05) is 5.54 Å². The summed E-state index contributed by atoms with van der Waals surface area (Å²) in [6.07, 6.45) is 34.8. The SMILES string of the molecule is CCCCCCCCCCCCC(N)(CCCC)CCCCCCCCCCCC. The molecule has 0 radical (unpaired) electrons. The number of nitrogens with two attached hydrogens (primary N) is 1. The molecule has 0 aliphatic rings. The van der Waals surface area contributed by atoms with Crippen molar-refractivity contribution in [2.24, 2.45) is 5.73 Å². The molecule has 0 aromatic rings. The fourth-order valence-corrected chi connectivity index (χ4v) is 4.83. The molecule has 30 heavy (non-hydrogen) atoms. The van der Waals surface area contributed by atoms with Gasteiger partial charge in [0.25, 0.3) is 0 Å². The summed E-state index contributed by atoms with van der Waals surface area (Å²) in [5, 5.41) is 0. The monoisotopic (exact) mass is 423 g/mol. The summed E-state index contributed by atoms with van der Waals surface area (Å²) in [5.74, 6) is 0. The Labute approximate surface area is 192 Å². The summed E-state index contributed by atoms with van der Waals surface area (Å²) in [6, 6.07) is 0. The van der Waals surface area contributed by atoms with Crippen LogP contribution in [-0.2, 0) is 0 Å². The molecule has 0 saturated heterocycles. The van der Waals surface area contributed by atoms with Gasteiger partial charge in [-0.05, 0) is 19.3 Å². The minimum atomic E-state index is 0.135. The van der Waals surface area contributed by atoms with E-state index in [1.807, 2.05) is 0 Å². The molecule has 0 bridgehead atoms. The molecule has 0 aliphatic carbocycles. The molecule has 1 nitrogen and oxygen atoms in total. The Morgan fingerprint density at radius 1 is 0.333 bits per heavy atom. The van der Waals surface area contributed by atoms with E-state index in [0.717, 1.165) is 0 Å². The molecule has 0 fully saturated rings. The molecule has 182 valence electrons. The minimum absolute atomic E-state index is 0.135. The first-order valence-corrected chi connectivity index (χ1v) is 14.5. The largest absolute Gasteiger partial charge is 0.325 e. The van der Waals surface area contributed by atoms with Gasteiger partial charge in [0.2, 0.25) is 0 Å². The van der Waals surface area contributed by atoms with Gasteiger partial charge in [0.05, 0.1) is 0 Å².